The number of sulfonamides is 1. The summed E-state index contributed by atoms with van der Waals surface area (Å²) in [6, 6.07) is 11.3. The highest BCUT2D eigenvalue weighted by Gasteiger charge is 2.33. The van der Waals surface area contributed by atoms with Crippen molar-refractivity contribution in [2.45, 2.75) is 32.2 Å². The quantitative estimate of drug-likeness (QED) is 0.634. The molecule has 31 heavy (non-hydrogen) atoms. The van der Waals surface area contributed by atoms with Crippen molar-refractivity contribution in [3.8, 4) is 5.75 Å². The molecule has 1 amide bonds. The lowest BCUT2D eigenvalue weighted by Crippen LogP contribution is -2.47. The van der Waals surface area contributed by atoms with E-state index in [9.17, 15) is 13.2 Å². The van der Waals surface area contributed by atoms with Crippen LogP contribution >= 0.6 is 11.6 Å². The number of nitrogens with zero attached hydrogens (tertiary/aromatic N) is 2. The molecule has 0 spiro atoms. The topological polar surface area (TPSA) is 79.0 Å². The number of hydrogen-bond acceptors (Lipinski definition) is 5. The first kappa shape index (κ1) is 23.2. The van der Waals surface area contributed by atoms with Crippen LogP contribution in [0.2, 0.25) is 5.02 Å². The van der Waals surface area contributed by atoms with Crippen LogP contribution in [-0.2, 0) is 14.8 Å². The maximum Gasteiger partial charge on any atom is 0.248 e. The third-order valence-corrected chi connectivity index (χ3v) is 6.71. The zero-order chi connectivity index (χ0) is 22.6. The predicted octanol–water partition coefficient (Wildman–Crippen LogP) is 4.13. The van der Waals surface area contributed by atoms with Crippen LogP contribution in [0, 0.1) is 0 Å². The fraction of sp³-hybridized carbons (Fsp3) is 0.409. The normalized spacial score (nSPS) is 14.9. The number of carbonyl (C=O) groups excluding carboxylic acids is 1. The van der Waals surface area contributed by atoms with E-state index in [1.807, 2.05) is 24.3 Å². The van der Waals surface area contributed by atoms with E-state index in [-0.39, 0.29) is 12.1 Å². The van der Waals surface area contributed by atoms with E-state index in [1.165, 1.54) is 26.0 Å². The Morgan fingerprint density at radius 2 is 1.84 bits per heavy atom. The van der Waals surface area contributed by atoms with E-state index in [2.05, 4.69) is 10.2 Å². The average Bonchev–Trinajstić information content (AvgIpc) is 3.26. The van der Waals surface area contributed by atoms with Crippen LogP contribution in [0.3, 0.4) is 0 Å². The van der Waals surface area contributed by atoms with Crippen LogP contribution in [-0.4, -0.2) is 46.8 Å². The number of hydrogen-bond donors (Lipinski definition) is 1. The first-order valence-corrected chi connectivity index (χ1v) is 12.5. The van der Waals surface area contributed by atoms with E-state index in [0.29, 0.717) is 16.5 Å². The summed E-state index contributed by atoms with van der Waals surface area (Å²) >= 11 is 6.11. The van der Waals surface area contributed by atoms with Gasteiger partial charge in [0.15, 0.2) is 0 Å². The molecule has 1 fully saturated rings. The minimum Gasteiger partial charge on any atom is -0.495 e. The Kier molecular flexibility index (Phi) is 7.33. The summed E-state index contributed by atoms with van der Waals surface area (Å²) in [5, 5.41) is 3.19. The van der Waals surface area contributed by atoms with Crippen LogP contribution in [0.4, 0.5) is 17.1 Å². The van der Waals surface area contributed by atoms with Crippen LogP contribution in [0.5, 0.6) is 5.75 Å². The maximum absolute atomic E-state index is 13.1. The monoisotopic (exact) mass is 465 g/mol. The van der Waals surface area contributed by atoms with Crippen molar-refractivity contribution in [3.05, 3.63) is 47.5 Å². The molecule has 1 saturated heterocycles. The minimum absolute atomic E-state index is 0.226. The average molecular weight is 466 g/mol. The van der Waals surface area contributed by atoms with Crippen molar-refractivity contribution < 1.29 is 17.9 Å². The second kappa shape index (κ2) is 9.78. The van der Waals surface area contributed by atoms with Crippen molar-refractivity contribution in [3.63, 3.8) is 0 Å². The number of nitrogens with one attached hydrogen (secondary N) is 1. The zero-order valence-corrected chi connectivity index (χ0v) is 19.5. The Labute approximate surface area is 189 Å². The van der Waals surface area contributed by atoms with E-state index < -0.39 is 22.0 Å². The summed E-state index contributed by atoms with van der Waals surface area (Å²) in [7, 11) is -2.37. The van der Waals surface area contributed by atoms with Gasteiger partial charge in [-0.25, -0.2) is 8.42 Å². The maximum atomic E-state index is 13.1. The highest BCUT2D eigenvalue weighted by atomic mass is 35.5. The number of rotatable bonds is 8. The Bertz CT molecular complexity index is 1020. The number of carbonyl (C=O) groups is 1. The van der Waals surface area contributed by atoms with E-state index in [1.54, 1.807) is 19.1 Å². The van der Waals surface area contributed by atoms with Crippen LogP contribution in [0.1, 0.15) is 26.2 Å². The molecule has 1 atom stereocenters. The lowest BCUT2D eigenvalue weighted by Gasteiger charge is -2.31. The van der Waals surface area contributed by atoms with Gasteiger partial charge in [-0.2, -0.15) is 0 Å². The van der Waals surface area contributed by atoms with Crippen molar-refractivity contribution >= 4 is 44.6 Å². The molecular formula is C22H28ClN3O4S. The van der Waals surface area contributed by atoms with Gasteiger partial charge in [-0.05, 0) is 61.7 Å². The summed E-state index contributed by atoms with van der Waals surface area (Å²) in [6.07, 6.45) is 3.70. The third kappa shape index (κ3) is 5.43. The van der Waals surface area contributed by atoms with Gasteiger partial charge in [0, 0.05) is 29.5 Å². The van der Waals surface area contributed by atoms with Gasteiger partial charge in [-0.3, -0.25) is 9.10 Å². The van der Waals surface area contributed by atoms with Gasteiger partial charge in [0.2, 0.25) is 15.9 Å². The molecular weight excluding hydrogens is 438 g/mol. The number of ether oxygens (including phenoxy) is 1. The third-order valence-electron chi connectivity index (χ3n) is 5.31. The molecule has 0 aliphatic carbocycles. The lowest BCUT2D eigenvalue weighted by molar-refractivity contribution is -0.117. The molecule has 0 bridgehead atoms. The molecule has 0 unspecified atom stereocenters. The van der Waals surface area contributed by atoms with Gasteiger partial charge in [0.1, 0.15) is 11.8 Å². The first-order valence-electron chi connectivity index (χ1n) is 10.2. The van der Waals surface area contributed by atoms with Crippen LogP contribution in [0.25, 0.3) is 0 Å². The molecule has 0 aromatic heterocycles. The largest absolute Gasteiger partial charge is 0.495 e. The fourth-order valence-electron chi connectivity index (χ4n) is 3.83. The van der Waals surface area contributed by atoms with Gasteiger partial charge in [-0.1, -0.05) is 18.5 Å². The highest BCUT2D eigenvalue weighted by molar-refractivity contribution is 7.92. The molecule has 2 aromatic carbocycles. The number of halogens is 1. The van der Waals surface area contributed by atoms with Crippen molar-refractivity contribution in [1.82, 2.24) is 0 Å². The molecule has 9 heteroatoms. The summed E-state index contributed by atoms with van der Waals surface area (Å²) < 4.78 is 31.8. The molecule has 1 heterocycles. The van der Waals surface area contributed by atoms with E-state index in [4.69, 9.17) is 16.3 Å². The predicted molar refractivity (Wildman–Crippen MR) is 126 cm³/mol. The second-order valence-electron chi connectivity index (χ2n) is 7.53. The Hall–Kier alpha value is -2.45. The van der Waals surface area contributed by atoms with Gasteiger partial charge in [-0.15, -0.1) is 0 Å². The van der Waals surface area contributed by atoms with Crippen LogP contribution < -0.4 is 19.3 Å². The molecule has 7 nitrogen and oxygen atoms in total. The van der Waals surface area contributed by atoms with E-state index in [0.717, 1.165) is 29.3 Å². The molecule has 1 aliphatic heterocycles. The minimum atomic E-state index is -3.81. The number of anilines is 3. The lowest BCUT2D eigenvalue weighted by atomic mass is 10.1. The number of amides is 1. The summed E-state index contributed by atoms with van der Waals surface area (Å²) in [4.78, 5) is 15.4. The first-order chi connectivity index (χ1) is 14.7. The fourth-order valence-corrected chi connectivity index (χ4v) is 5.20. The van der Waals surface area contributed by atoms with Gasteiger partial charge in [0.05, 0.1) is 19.1 Å². The smallest absolute Gasteiger partial charge is 0.248 e. The Morgan fingerprint density at radius 1 is 1.19 bits per heavy atom. The highest BCUT2D eigenvalue weighted by Crippen LogP contribution is 2.35. The molecule has 1 N–H and O–H groups in total. The summed E-state index contributed by atoms with van der Waals surface area (Å²) in [6.45, 7) is 3.83. The summed E-state index contributed by atoms with van der Waals surface area (Å²) in [5.41, 5.74) is 1.95. The second-order valence-corrected chi connectivity index (χ2v) is 9.83. The van der Waals surface area contributed by atoms with Gasteiger partial charge < -0.3 is 15.0 Å². The number of methoxy groups -OCH3 is 1. The molecule has 0 saturated carbocycles. The molecule has 3 rings (SSSR count). The summed E-state index contributed by atoms with van der Waals surface area (Å²) in [5.74, 6) is -0.111. The van der Waals surface area contributed by atoms with Crippen molar-refractivity contribution in [2.75, 3.05) is 41.0 Å². The molecule has 168 valence electrons. The van der Waals surface area contributed by atoms with Crippen LogP contribution in [0.15, 0.2) is 42.5 Å². The van der Waals surface area contributed by atoms with Crippen molar-refractivity contribution in [1.29, 1.82) is 0 Å². The zero-order valence-electron chi connectivity index (χ0n) is 18.0. The number of benzene rings is 2. The van der Waals surface area contributed by atoms with E-state index >= 15 is 0 Å². The molecule has 0 radical (unpaired) electrons. The van der Waals surface area contributed by atoms with Gasteiger partial charge in [0.25, 0.3) is 0 Å². The Balaban J connectivity index is 1.87. The van der Waals surface area contributed by atoms with Gasteiger partial charge >= 0.3 is 0 Å². The molecule has 2 aromatic rings. The standard InChI is InChI=1S/C22H28ClN3O4S/c1-4-19(26(31(3,28)29)20-15-16(23)7-12-21(20)30-2)22(27)24-17-8-10-18(11-9-17)25-13-5-6-14-25/h7-12,15,19H,4-6,13-14H2,1-3H3,(H,24,27)/t19-/m1/s1. The van der Waals surface area contributed by atoms with Crippen molar-refractivity contribution in [2.24, 2.45) is 0 Å². The Morgan fingerprint density at radius 3 is 2.39 bits per heavy atom. The SMILES string of the molecule is CC[C@H](C(=O)Nc1ccc(N2CCCC2)cc1)N(c1cc(Cl)ccc1OC)S(C)(=O)=O. The molecule has 1 aliphatic rings.